The van der Waals surface area contributed by atoms with Crippen molar-refractivity contribution in [1.82, 2.24) is 20.1 Å². The Hall–Kier alpha value is -2.32. The average Bonchev–Trinajstić information content (AvgIpc) is 3.39. The van der Waals surface area contributed by atoms with E-state index in [0.717, 1.165) is 38.4 Å². The van der Waals surface area contributed by atoms with Gasteiger partial charge in [-0.05, 0) is 36.1 Å². The van der Waals surface area contributed by atoms with Crippen LogP contribution in [0.15, 0.2) is 46.9 Å². The molecule has 146 valence electrons. The van der Waals surface area contributed by atoms with Gasteiger partial charge in [0.25, 0.3) is 0 Å². The zero-order valence-electron chi connectivity index (χ0n) is 15.8. The fourth-order valence-electron chi connectivity index (χ4n) is 3.26. The number of thioether (sulfide) groups is 1. The number of aromatic nitrogens is 3. The molecule has 0 bridgehead atoms. The van der Waals surface area contributed by atoms with Gasteiger partial charge in [-0.1, -0.05) is 30.0 Å². The predicted octanol–water partition coefficient (Wildman–Crippen LogP) is 3.21. The lowest BCUT2D eigenvalue weighted by atomic mass is 10.2. The number of amides is 1. The Kier molecular flexibility index (Phi) is 5.97. The largest absolute Gasteiger partial charge is 0.368 e. The second-order valence-electron chi connectivity index (χ2n) is 6.82. The van der Waals surface area contributed by atoms with Gasteiger partial charge in [0.05, 0.1) is 5.75 Å². The highest BCUT2D eigenvalue weighted by molar-refractivity contribution is 7.99. The van der Waals surface area contributed by atoms with Crippen LogP contribution in [0.1, 0.15) is 16.3 Å². The lowest BCUT2D eigenvalue weighted by molar-refractivity contribution is -0.128. The van der Waals surface area contributed by atoms with E-state index in [0.29, 0.717) is 10.9 Å². The monoisotopic (exact) mass is 413 g/mol. The summed E-state index contributed by atoms with van der Waals surface area (Å²) in [5.41, 5.74) is 2.50. The minimum Gasteiger partial charge on any atom is -0.368 e. The smallest absolute Gasteiger partial charge is 0.233 e. The van der Waals surface area contributed by atoms with Gasteiger partial charge >= 0.3 is 0 Å². The third-order valence-corrected chi connectivity index (χ3v) is 6.47. The summed E-state index contributed by atoms with van der Waals surface area (Å²) in [6, 6.07) is 12.6. The number of nitrogens with zero attached hydrogens (tertiary/aromatic N) is 4. The highest BCUT2D eigenvalue weighted by Crippen LogP contribution is 2.20. The van der Waals surface area contributed by atoms with Crippen molar-refractivity contribution in [3.63, 3.8) is 0 Å². The van der Waals surface area contributed by atoms with Crippen LogP contribution >= 0.6 is 23.1 Å². The number of benzene rings is 1. The van der Waals surface area contributed by atoms with Gasteiger partial charge in [0, 0.05) is 43.2 Å². The van der Waals surface area contributed by atoms with E-state index in [1.807, 2.05) is 11.0 Å². The Morgan fingerprint density at radius 2 is 2.07 bits per heavy atom. The molecule has 1 amide bonds. The first kappa shape index (κ1) is 19.0. The summed E-state index contributed by atoms with van der Waals surface area (Å²) in [4.78, 5) is 22.6. The lowest BCUT2D eigenvalue weighted by Gasteiger charge is -2.36. The van der Waals surface area contributed by atoms with E-state index in [1.165, 1.54) is 27.9 Å². The van der Waals surface area contributed by atoms with E-state index in [4.69, 9.17) is 0 Å². The van der Waals surface area contributed by atoms with Crippen molar-refractivity contribution in [1.29, 1.82) is 0 Å². The van der Waals surface area contributed by atoms with Crippen molar-refractivity contribution in [2.75, 3.05) is 36.8 Å². The van der Waals surface area contributed by atoms with Crippen molar-refractivity contribution >= 4 is 34.7 Å². The number of H-pyrrole nitrogens is 1. The number of nitrogens with one attached hydrogen (secondary N) is 1. The molecule has 0 atom stereocenters. The van der Waals surface area contributed by atoms with Crippen LogP contribution in [0.2, 0.25) is 0 Å². The molecule has 4 rings (SSSR count). The highest BCUT2D eigenvalue weighted by Gasteiger charge is 2.21. The van der Waals surface area contributed by atoms with E-state index in [-0.39, 0.29) is 5.91 Å². The van der Waals surface area contributed by atoms with Crippen LogP contribution in [0.3, 0.4) is 0 Å². The van der Waals surface area contributed by atoms with Crippen LogP contribution in [0.5, 0.6) is 0 Å². The molecule has 0 aliphatic carbocycles. The predicted molar refractivity (Wildman–Crippen MR) is 114 cm³/mol. The molecule has 0 spiro atoms. The molecule has 1 N–H and O–H groups in total. The third-order valence-electron chi connectivity index (χ3n) is 4.76. The first-order valence-corrected chi connectivity index (χ1v) is 11.2. The quantitative estimate of drug-likeness (QED) is 0.629. The minimum absolute atomic E-state index is 0.151. The summed E-state index contributed by atoms with van der Waals surface area (Å²) < 4.78 is 0. The molecule has 3 aromatic rings. The van der Waals surface area contributed by atoms with Crippen LogP contribution in [0, 0.1) is 6.92 Å². The molecule has 0 radical (unpaired) electrons. The first-order chi connectivity index (χ1) is 13.7. The molecule has 1 saturated heterocycles. The second-order valence-corrected chi connectivity index (χ2v) is 8.79. The molecule has 0 unspecified atom stereocenters. The summed E-state index contributed by atoms with van der Waals surface area (Å²) in [5, 5.41) is 9.89. The van der Waals surface area contributed by atoms with E-state index in [2.05, 4.69) is 62.7 Å². The number of rotatable bonds is 6. The summed E-state index contributed by atoms with van der Waals surface area (Å²) in [5.74, 6) is 1.36. The summed E-state index contributed by atoms with van der Waals surface area (Å²) in [7, 11) is 0. The molecular weight excluding hydrogens is 390 g/mol. The second kappa shape index (κ2) is 8.79. The van der Waals surface area contributed by atoms with E-state index >= 15 is 0 Å². The Labute approximate surface area is 173 Å². The number of anilines is 1. The van der Waals surface area contributed by atoms with Gasteiger partial charge in [0.2, 0.25) is 11.1 Å². The maximum atomic E-state index is 12.6. The SMILES string of the molecule is Cc1cccc(N2CCN(C(=O)CSc3n[nH]c(Cc4cccs4)n3)CC2)c1. The van der Waals surface area contributed by atoms with Gasteiger partial charge in [0.1, 0.15) is 5.82 Å². The zero-order valence-corrected chi connectivity index (χ0v) is 17.4. The van der Waals surface area contributed by atoms with Crippen molar-refractivity contribution in [3.05, 3.63) is 58.0 Å². The fourth-order valence-corrected chi connectivity index (χ4v) is 4.69. The molecule has 8 heteroatoms. The Bertz CT molecular complexity index is 916. The molecule has 1 aliphatic rings. The number of hydrogen-bond acceptors (Lipinski definition) is 6. The van der Waals surface area contributed by atoms with Crippen molar-refractivity contribution < 1.29 is 4.79 Å². The van der Waals surface area contributed by atoms with Gasteiger partial charge in [-0.3, -0.25) is 9.89 Å². The number of carbonyl (C=O) groups is 1. The minimum atomic E-state index is 0.151. The number of thiophene rings is 1. The molecule has 28 heavy (non-hydrogen) atoms. The summed E-state index contributed by atoms with van der Waals surface area (Å²) >= 11 is 3.10. The number of carbonyl (C=O) groups excluding carboxylic acids is 1. The maximum Gasteiger partial charge on any atom is 0.233 e. The summed E-state index contributed by atoms with van der Waals surface area (Å²) in [6.07, 6.45) is 0.750. The Morgan fingerprint density at radius 1 is 1.21 bits per heavy atom. The molecular formula is C20H23N5OS2. The molecule has 3 heterocycles. The summed E-state index contributed by atoms with van der Waals surface area (Å²) in [6.45, 7) is 5.35. The van der Waals surface area contributed by atoms with E-state index in [9.17, 15) is 4.79 Å². The van der Waals surface area contributed by atoms with Crippen molar-refractivity contribution in [3.8, 4) is 0 Å². The van der Waals surface area contributed by atoms with Crippen molar-refractivity contribution in [2.45, 2.75) is 18.5 Å². The Morgan fingerprint density at radius 3 is 2.82 bits per heavy atom. The fraction of sp³-hybridized carbons (Fsp3) is 0.350. The molecule has 1 aliphatic heterocycles. The zero-order chi connectivity index (χ0) is 19.3. The van der Waals surface area contributed by atoms with Crippen LogP contribution in [0.4, 0.5) is 5.69 Å². The molecule has 1 aromatic carbocycles. The van der Waals surface area contributed by atoms with Gasteiger partial charge in [0.15, 0.2) is 0 Å². The van der Waals surface area contributed by atoms with Crippen LogP contribution < -0.4 is 4.90 Å². The van der Waals surface area contributed by atoms with Gasteiger partial charge in [-0.2, -0.15) is 0 Å². The van der Waals surface area contributed by atoms with Crippen molar-refractivity contribution in [2.24, 2.45) is 0 Å². The highest BCUT2D eigenvalue weighted by atomic mass is 32.2. The molecule has 1 fully saturated rings. The number of piperazine rings is 1. The normalized spacial score (nSPS) is 14.5. The van der Waals surface area contributed by atoms with Gasteiger partial charge < -0.3 is 9.80 Å². The number of aryl methyl sites for hydroxylation is 1. The van der Waals surface area contributed by atoms with Gasteiger partial charge in [-0.25, -0.2) is 4.98 Å². The maximum absolute atomic E-state index is 12.6. The van der Waals surface area contributed by atoms with Crippen LogP contribution in [0.25, 0.3) is 0 Å². The number of aromatic amines is 1. The van der Waals surface area contributed by atoms with Crippen LogP contribution in [-0.4, -0.2) is 57.9 Å². The first-order valence-electron chi connectivity index (χ1n) is 9.33. The molecule has 0 saturated carbocycles. The molecule has 2 aromatic heterocycles. The number of hydrogen-bond donors (Lipinski definition) is 1. The average molecular weight is 414 g/mol. The lowest BCUT2D eigenvalue weighted by Crippen LogP contribution is -2.49. The van der Waals surface area contributed by atoms with Crippen LogP contribution in [-0.2, 0) is 11.2 Å². The standard InChI is InChI=1S/C20H23N5OS2/c1-15-4-2-5-16(12-15)24-7-9-25(10-8-24)19(26)14-28-20-21-18(22-23-20)13-17-6-3-11-27-17/h2-6,11-12H,7-10,13-14H2,1H3,(H,21,22,23). The van der Waals surface area contributed by atoms with E-state index in [1.54, 1.807) is 11.3 Å². The topological polar surface area (TPSA) is 65.1 Å². The van der Waals surface area contributed by atoms with E-state index < -0.39 is 0 Å². The third kappa shape index (κ3) is 4.74. The van der Waals surface area contributed by atoms with Gasteiger partial charge in [-0.15, -0.1) is 16.4 Å². The molecule has 6 nitrogen and oxygen atoms in total. The Balaban J connectivity index is 1.24.